The second-order valence-corrected chi connectivity index (χ2v) is 8.46. The normalized spacial score (nSPS) is 14.3. The second-order valence-electron chi connectivity index (χ2n) is 8.28. The number of hydrogen-bond donors (Lipinski definition) is 0. The number of rotatable bonds is 7. The SMILES string of the molecule is COC(=O)c1ccccc1-c1ccc(N(CC(C)C)C2CCCCC2)c(N=C=S)c1. The molecule has 30 heavy (non-hydrogen) atoms. The van der Waals surface area contributed by atoms with Gasteiger partial charge in [-0.2, -0.15) is 4.99 Å². The number of hydrogen-bond acceptors (Lipinski definition) is 5. The highest BCUT2D eigenvalue weighted by molar-refractivity contribution is 7.78. The first kappa shape index (κ1) is 22.2. The molecule has 0 spiro atoms. The predicted octanol–water partition coefficient (Wildman–Crippen LogP) is 6.67. The van der Waals surface area contributed by atoms with Crippen LogP contribution in [-0.4, -0.2) is 30.8 Å². The lowest BCUT2D eigenvalue weighted by molar-refractivity contribution is 0.0601. The van der Waals surface area contributed by atoms with Crippen molar-refractivity contribution in [2.24, 2.45) is 10.9 Å². The molecule has 0 N–H and O–H groups in total. The molecule has 0 atom stereocenters. The molecule has 5 heteroatoms. The van der Waals surface area contributed by atoms with Gasteiger partial charge in [-0.15, -0.1) is 0 Å². The highest BCUT2D eigenvalue weighted by Gasteiger charge is 2.24. The summed E-state index contributed by atoms with van der Waals surface area (Å²) in [5.41, 5.74) is 4.17. The Morgan fingerprint density at radius 2 is 1.93 bits per heavy atom. The standard InChI is InChI=1S/C25H30N2O2S/c1-18(2)16-27(20-9-5-4-6-10-20)24-14-13-19(15-23(24)26-17-30)21-11-7-8-12-22(21)25(28)29-3/h7-8,11-15,18,20H,4-6,9-10,16H2,1-3H3. The molecule has 0 aromatic heterocycles. The molecule has 2 aromatic rings. The summed E-state index contributed by atoms with van der Waals surface area (Å²) in [6.07, 6.45) is 6.28. The van der Waals surface area contributed by atoms with Crippen molar-refractivity contribution in [3.63, 3.8) is 0 Å². The van der Waals surface area contributed by atoms with E-state index >= 15 is 0 Å². The minimum atomic E-state index is -0.349. The van der Waals surface area contributed by atoms with Gasteiger partial charge >= 0.3 is 5.97 Å². The average Bonchev–Trinajstić information content (AvgIpc) is 2.78. The average molecular weight is 423 g/mol. The van der Waals surface area contributed by atoms with Crippen molar-refractivity contribution in [2.45, 2.75) is 52.0 Å². The summed E-state index contributed by atoms with van der Waals surface area (Å²) in [6.45, 7) is 5.47. The third-order valence-electron chi connectivity index (χ3n) is 5.67. The van der Waals surface area contributed by atoms with Gasteiger partial charge in [-0.05, 0) is 60.3 Å². The molecule has 0 aliphatic heterocycles. The number of ether oxygens (including phenoxy) is 1. The third-order valence-corrected chi connectivity index (χ3v) is 5.76. The maximum atomic E-state index is 12.2. The number of carbonyl (C=O) groups excluding carboxylic acids is 1. The molecule has 3 rings (SSSR count). The monoisotopic (exact) mass is 422 g/mol. The fourth-order valence-electron chi connectivity index (χ4n) is 4.33. The Morgan fingerprint density at radius 3 is 2.60 bits per heavy atom. The van der Waals surface area contributed by atoms with Gasteiger partial charge in [-0.1, -0.05) is 57.4 Å². The minimum absolute atomic E-state index is 0.349. The van der Waals surface area contributed by atoms with Gasteiger partial charge in [0.15, 0.2) is 0 Å². The summed E-state index contributed by atoms with van der Waals surface area (Å²) < 4.78 is 4.96. The van der Waals surface area contributed by atoms with Crippen LogP contribution in [0.5, 0.6) is 0 Å². The molecular weight excluding hydrogens is 392 g/mol. The van der Waals surface area contributed by atoms with Gasteiger partial charge in [0.2, 0.25) is 0 Å². The number of isothiocyanates is 1. The van der Waals surface area contributed by atoms with Crippen LogP contribution in [0.15, 0.2) is 47.5 Å². The first-order chi connectivity index (χ1) is 14.5. The first-order valence-electron chi connectivity index (χ1n) is 10.7. The highest BCUT2D eigenvalue weighted by atomic mass is 32.1. The summed E-state index contributed by atoms with van der Waals surface area (Å²) >= 11 is 4.96. The Labute approximate surface area is 185 Å². The Bertz CT molecular complexity index is 928. The molecule has 0 heterocycles. The molecule has 0 unspecified atom stereocenters. The summed E-state index contributed by atoms with van der Waals surface area (Å²) in [6, 6.07) is 14.2. The number of benzene rings is 2. The van der Waals surface area contributed by atoms with Gasteiger partial charge in [0.1, 0.15) is 0 Å². The van der Waals surface area contributed by atoms with E-state index in [2.05, 4.69) is 41.0 Å². The molecule has 1 saturated carbocycles. The zero-order valence-electron chi connectivity index (χ0n) is 18.1. The van der Waals surface area contributed by atoms with Crippen molar-refractivity contribution in [1.29, 1.82) is 0 Å². The maximum Gasteiger partial charge on any atom is 0.338 e. The van der Waals surface area contributed by atoms with E-state index in [1.165, 1.54) is 39.2 Å². The molecule has 1 fully saturated rings. The van der Waals surface area contributed by atoms with Gasteiger partial charge in [-0.3, -0.25) is 0 Å². The fraction of sp³-hybridized carbons (Fsp3) is 0.440. The second kappa shape index (κ2) is 10.5. The number of anilines is 1. The molecule has 158 valence electrons. The van der Waals surface area contributed by atoms with Crippen LogP contribution in [0.1, 0.15) is 56.3 Å². The Kier molecular flexibility index (Phi) is 7.78. The van der Waals surface area contributed by atoms with Crippen molar-refractivity contribution >= 4 is 34.7 Å². The van der Waals surface area contributed by atoms with E-state index in [0.29, 0.717) is 17.5 Å². The van der Waals surface area contributed by atoms with Gasteiger partial charge in [-0.25, -0.2) is 4.79 Å². The van der Waals surface area contributed by atoms with Gasteiger partial charge < -0.3 is 9.64 Å². The number of methoxy groups -OCH3 is 1. The van der Waals surface area contributed by atoms with E-state index in [4.69, 9.17) is 17.0 Å². The van der Waals surface area contributed by atoms with Crippen molar-refractivity contribution in [3.8, 4) is 11.1 Å². The Hall–Kier alpha value is -2.49. The fourth-order valence-corrected chi connectivity index (χ4v) is 4.42. The smallest absolute Gasteiger partial charge is 0.338 e. The molecule has 0 saturated heterocycles. The molecule has 0 radical (unpaired) electrons. The summed E-state index contributed by atoms with van der Waals surface area (Å²) in [5, 5.41) is 2.55. The molecular formula is C25H30N2O2S. The third kappa shape index (κ3) is 5.16. The number of carbonyl (C=O) groups is 1. The zero-order valence-corrected chi connectivity index (χ0v) is 18.9. The van der Waals surface area contributed by atoms with Crippen LogP contribution in [0, 0.1) is 5.92 Å². The summed E-state index contributed by atoms with van der Waals surface area (Å²) in [5.74, 6) is 0.189. The maximum absolute atomic E-state index is 12.2. The van der Waals surface area contributed by atoms with E-state index in [1.807, 2.05) is 24.3 Å². The number of esters is 1. The summed E-state index contributed by atoms with van der Waals surface area (Å²) in [4.78, 5) is 19.2. The lowest BCUT2D eigenvalue weighted by Gasteiger charge is -2.38. The minimum Gasteiger partial charge on any atom is -0.465 e. The Balaban J connectivity index is 2.07. The molecule has 1 aliphatic rings. The number of thiocarbonyl (C=S) groups is 1. The lowest BCUT2D eigenvalue weighted by Crippen LogP contribution is -2.39. The van der Waals surface area contributed by atoms with E-state index in [-0.39, 0.29) is 5.97 Å². The van der Waals surface area contributed by atoms with Crippen LogP contribution in [0.3, 0.4) is 0 Å². The van der Waals surface area contributed by atoms with E-state index in [9.17, 15) is 4.79 Å². The van der Waals surface area contributed by atoms with E-state index < -0.39 is 0 Å². The van der Waals surface area contributed by atoms with Crippen LogP contribution in [0.25, 0.3) is 11.1 Å². The van der Waals surface area contributed by atoms with Crippen LogP contribution < -0.4 is 4.90 Å². The van der Waals surface area contributed by atoms with Crippen molar-refractivity contribution in [1.82, 2.24) is 0 Å². The quantitative estimate of drug-likeness (QED) is 0.284. The van der Waals surface area contributed by atoms with Crippen LogP contribution in [0.4, 0.5) is 11.4 Å². The summed E-state index contributed by atoms with van der Waals surface area (Å²) in [7, 11) is 1.40. The molecule has 4 nitrogen and oxygen atoms in total. The molecule has 2 aromatic carbocycles. The predicted molar refractivity (Wildman–Crippen MR) is 127 cm³/mol. The molecule has 0 amide bonds. The van der Waals surface area contributed by atoms with E-state index in [1.54, 1.807) is 6.07 Å². The highest BCUT2D eigenvalue weighted by Crippen LogP contribution is 2.38. The van der Waals surface area contributed by atoms with Crippen LogP contribution in [-0.2, 0) is 4.74 Å². The number of aliphatic imine (C=N–C) groups is 1. The Morgan fingerprint density at radius 1 is 1.20 bits per heavy atom. The van der Waals surface area contributed by atoms with Crippen LogP contribution in [0.2, 0.25) is 0 Å². The van der Waals surface area contributed by atoms with Gasteiger partial charge in [0.05, 0.1) is 29.2 Å². The number of nitrogens with zero attached hydrogens (tertiary/aromatic N) is 2. The molecule has 0 bridgehead atoms. The zero-order chi connectivity index (χ0) is 21.5. The lowest BCUT2D eigenvalue weighted by atomic mass is 9.92. The van der Waals surface area contributed by atoms with Crippen molar-refractivity contribution < 1.29 is 9.53 Å². The van der Waals surface area contributed by atoms with Gasteiger partial charge in [0.25, 0.3) is 0 Å². The van der Waals surface area contributed by atoms with Crippen LogP contribution >= 0.6 is 12.2 Å². The molecule has 1 aliphatic carbocycles. The van der Waals surface area contributed by atoms with Crippen molar-refractivity contribution in [2.75, 3.05) is 18.6 Å². The topological polar surface area (TPSA) is 41.9 Å². The van der Waals surface area contributed by atoms with Gasteiger partial charge in [0, 0.05) is 12.6 Å². The van der Waals surface area contributed by atoms with E-state index in [0.717, 1.165) is 29.0 Å². The first-order valence-corrected chi connectivity index (χ1v) is 11.1. The van der Waals surface area contributed by atoms with Crippen molar-refractivity contribution in [3.05, 3.63) is 48.0 Å². The largest absolute Gasteiger partial charge is 0.465 e.